The third-order valence-electron chi connectivity index (χ3n) is 7.85. The number of ether oxygens (including phenoxy) is 2. The van der Waals surface area contributed by atoms with Crippen molar-refractivity contribution >= 4 is 31.6 Å². The molecule has 3 heterocycles. The summed E-state index contributed by atoms with van der Waals surface area (Å²) in [6, 6.07) is 5.99. The van der Waals surface area contributed by atoms with Gasteiger partial charge in [0.15, 0.2) is 14.0 Å². The second kappa shape index (κ2) is 10.6. The van der Waals surface area contributed by atoms with E-state index in [-0.39, 0.29) is 23.1 Å². The number of hydrogen-bond donors (Lipinski definition) is 0. The van der Waals surface area contributed by atoms with Crippen LogP contribution in [0.3, 0.4) is 0 Å². The number of benzene rings is 1. The molecule has 210 valence electrons. The first-order chi connectivity index (χ1) is 18.2. The molecule has 2 aromatic heterocycles. The fourth-order valence-electron chi connectivity index (χ4n) is 4.05. The van der Waals surface area contributed by atoms with Crippen molar-refractivity contribution in [2.75, 3.05) is 20.8 Å². The molecule has 0 aliphatic carbocycles. The van der Waals surface area contributed by atoms with Gasteiger partial charge in [-0.2, -0.15) is 16.4 Å². The summed E-state index contributed by atoms with van der Waals surface area (Å²) in [5, 5.41) is 9.05. The maximum atomic E-state index is 13.6. The monoisotopic (exact) mass is 567 g/mol. The van der Waals surface area contributed by atoms with Gasteiger partial charge in [-0.3, -0.25) is 4.79 Å². The zero-order chi connectivity index (χ0) is 28.8. The quantitative estimate of drug-likeness (QED) is 0.278. The van der Waals surface area contributed by atoms with Crippen molar-refractivity contribution in [3.8, 4) is 28.4 Å². The molecule has 0 N–H and O–H groups in total. The van der Waals surface area contributed by atoms with Crippen molar-refractivity contribution in [1.82, 2.24) is 14.7 Å². The molecule has 1 aromatic carbocycles. The van der Waals surface area contributed by atoms with Crippen LogP contribution in [0.15, 0.2) is 35.0 Å². The summed E-state index contributed by atoms with van der Waals surface area (Å²) in [6.45, 7) is 18.0. The molecule has 0 radical (unpaired) electrons. The van der Waals surface area contributed by atoms with E-state index < -0.39 is 8.32 Å². The van der Waals surface area contributed by atoms with Gasteiger partial charge in [-0.25, -0.2) is 4.68 Å². The van der Waals surface area contributed by atoms with Gasteiger partial charge in [-0.1, -0.05) is 32.9 Å². The van der Waals surface area contributed by atoms with E-state index in [2.05, 4.69) is 39.9 Å². The standard InChI is InChI=1S/C30H41N3O4SSi/c1-29(2,3)32(7)28(34)26-23-18-36-25-17-24(35-8)20(12-11-14-37-39(9,10)30(4,5)6)16-22(25)27(23)33(31-26)21-13-15-38-19-21/h11-13,15-17,19H,14,18H2,1-10H3. The Hall–Kier alpha value is -2.88. The molecule has 0 saturated heterocycles. The number of fused-ring (bicyclic) bond motifs is 3. The summed E-state index contributed by atoms with van der Waals surface area (Å²) in [7, 11) is 1.62. The van der Waals surface area contributed by atoms with Crippen LogP contribution in [0.2, 0.25) is 18.1 Å². The van der Waals surface area contributed by atoms with Gasteiger partial charge in [0.2, 0.25) is 0 Å². The Morgan fingerprint density at radius 1 is 1.23 bits per heavy atom. The Morgan fingerprint density at radius 2 is 1.95 bits per heavy atom. The van der Waals surface area contributed by atoms with E-state index in [1.807, 2.05) is 67.5 Å². The van der Waals surface area contributed by atoms with Crippen molar-refractivity contribution in [1.29, 1.82) is 0 Å². The van der Waals surface area contributed by atoms with Crippen LogP contribution < -0.4 is 9.47 Å². The molecule has 9 heteroatoms. The number of hydrogen-bond acceptors (Lipinski definition) is 6. The molecule has 0 fully saturated rings. The molecule has 0 saturated carbocycles. The number of rotatable bonds is 7. The molecule has 1 aliphatic rings. The number of amides is 1. The average molecular weight is 568 g/mol. The summed E-state index contributed by atoms with van der Waals surface area (Å²) in [5.74, 6) is 1.29. The number of carbonyl (C=O) groups excluding carboxylic acids is 1. The zero-order valence-electron chi connectivity index (χ0n) is 24.8. The van der Waals surface area contributed by atoms with Crippen molar-refractivity contribution in [2.24, 2.45) is 0 Å². The first-order valence-corrected chi connectivity index (χ1v) is 17.1. The fourth-order valence-corrected chi connectivity index (χ4v) is 5.61. The highest BCUT2D eigenvalue weighted by Crippen LogP contribution is 2.44. The smallest absolute Gasteiger partial charge is 0.274 e. The number of carbonyl (C=O) groups is 1. The van der Waals surface area contributed by atoms with Crippen LogP contribution in [-0.2, 0) is 11.0 Å². The van der Waals surface area contributed by atoms with E-state index in [1.54, 1.807) is 23.3 Å². The van der Waals surface area contributed by atoms with Crippen molar-refractivity contribution in [2.45, 2.75) is 71.8 Å². The van der Waals surface area contributed by atoms with Crippen LogP contribution >= 0.6 is 11.3 Å². The Balaban J connectivity index is 1.78. The van der Waals surface area contributed by atoms with E-state index in [0.717, 1.165) is 28.1 Å². The molecule has 3 aromatic rings. The second-order valence-corrected chi connectivity index (χ2v) is 18.0. The van der Waals surface area contributed by atoms with Gasteiger partial charge in [0.1, 0.15) is 18.1 Å². The largest absolute Gasteiger partial charge is 0.496 e. The van der Waals surface area contributed by atoms with E-state index in [1.165, 1.54) is 0 Å². The maximum Gasteiger partial charge on any atom is 0.274 e. The molecule has 0 spiro atoms. The molecular formula is C30H41N3O4SSi. The molecule has 0 bridgehead atoms. The Morgan fingerprint density at radius 3 is 2.54 bits per heavy atom. The van der Waals surface area contributed by atoms with Gasteiger partial charge in [0.25, 0.3) is 5.91 Å². The number of thiophene rings is 1. The number of methoxy groups -OCH3 is 1. The predicted octanol–water partition coefficient (Wildman–Crippen LogP) is 7.41. The van der Waals surface area contributed by atoms with Gasteiger partial charge in [0.05, 0.1) is 25.1 Å². The lowest BCUT2D eigenvalue weighted by atomic mass is 9.98. The topological polar surface area (TPSA) is 65.8 Å². The van der Waals surface area contributed by atoms with E-state index in [0.29, 0.717) is 23.8 Å². The zero-order valence-corrected chi connectivity index (χ0v) is 26.7. The van der Waals surface area contributed by atoms with E-state index in [4.69, 9.17) is 19.0 Å². The van der Waals surface area contributed by atoms with Crippen LogP contribution in [0.1, 0.15) is 63.2 Å². The molecule has 4 rings (SSSR count). The summed E-state index contributed by atoms with van der Waals surface area (Å²) in [6.07, 6.45) is 4.07. The molecule has 39 heavy (non-hydrogen) atoms. The van der Waals surface area contributed by atoms with Gasteiger partial charge in [-0.15, -0.1) is 0 Å². The van der Waals surface area contributed by atoms with Crippen LogP contribution in [-0.4, -0.2) is 55.2 Å². The van der Waals surface area contributed by atoms with Gasteiger partial charge < -0.3 is 18.8 Å². The van der Waals surface area contributed by atoms with Crippen LogP contribution in [0.4, 0.5) is 0 Å². The first-order valence-electron chi connectivity index (χ1n) is 13.2. The van der Waals surface area contributed by atoms with Gasteiger partial charge in [0, 0.05) is 40.7 Å². The van der Waals surface area contributed by atoms with E-state index >= 15 is 0 Å². The summed E-state index contributed by atoms with van der Waals surface area (Å²) >= 11 is 1.59. The van der Waals surface area contributed by atoms with Crippen LogP contribution in [0.25, 0.3) is 23.0 Å². The normalized spacial score (nSPS) is 13.7. The molecule has 0 atom stereocenters. The Bertz CT molecular complexity index is 1380. The number of nitrogens with zero attached hydrogens (tertiary/aromatic N) is 3. The summed E-state index contributed by atoms with van der Waals surface area (Å²) in [5.41, 5.74) is 4.42. The highest BCUT2D eigenvalue weighted by molar-refractivity contribution is 7.08. The van der Waals surface area contributed by atoms with Gasteiger partial charge in [-0.05, 0) is 56.4 Å². The predicted molar refractivity (Wildman–Crippen MR) is 162 cm³/mol. The van der Waals surface area contributed by atoms with Crippen molar-refractivity contribution < 1.29 is 18.7 Å². The first kappa shape index (κ1) is 29.1. The van der Waals surface area contributed by atoms with Crippen LogP contribution in [0, 0.1) is 0 Å². The minimum atomic E-state index is -1.85. The Kier molecular flexibility index (Phi) is 7.91. The minimum Gasteiger partial charge on any atom is -0.496 e. The average Bonchev–Trinajstić information content (AvgIpc) is 3.52. The summed E-state index contributed by atoms with van der Waals surface area (Å²) in [4.78, 5) is 15.3. The molecular weight excluding hydrogens is 527 g/mol. The number of aromatic nitrogens is 2. The fraction of sp³-hybridized carbons (Fsp3) is 0.467. The lowest BCUT2D eigenvalue weighted by Crippen LogP contribution is -2.43. The molecule has 1 aliphatic heterocycles. The third-order valence-corrected chi connectivity index (χ3v) is 13.0. The maximum absolute atomic E-state index is 13.6. The van der Waals surface area contributed by atoms with Gasteiger partial charge >= 0.3 is 0 Å². The SMILES string of the molecule is COc1cc2c(cc1C=CCO[Si](C)(C)C(C)(C)C)-c1c(c(C(=O)N(C)C(C)(C)C)nn1-c1ccsc1)CO2. The van der Waals surface area contributed by atoms with Crippen LogP contribution in [0.5, 0.6) is 11.5 Å². The summed E-state index contributed by atoms with van der Waals surface area (Å²) < 4.78 is 20.1. The molecule has 1 amide bonds. The van der Waals surface area contributed by atoms with E-state index in [9.17, 15) is 4.79 Å². The Labute approximate surface area is 237 Å². The lowest BCUT2D eigenvalue weighted by Gasteiger charge is -2.35. The highest BCUT2D eigenvalue weighted by Gasteiger charge is 2.37. The lowest BCUT2D eigenvalue weighted by molar-refractivity contribution is 0.0646. The third kappa shape index (κ3) is 5.71. The molecule has 7 nitrogen and oxygen atoms in total. The minimum absolute atomic E-state index is 0.129. The highest BCUT2D eigenvalue weighted by atomic mass is 32.1. The molecule has 0 unspecified atom stereocenters. The van der Waals surface area contributed by atoms with Crippen molar-refractivity contribution in [3.63, 3.8) is 0 Å². The second-order valence-electron chi connectivity index (χ2n) is 12.5. The van der Waals surface area contributed by atoms with Crippen molar-refractivity contribution in [3.05, 3.63) is 51.9 Å².